The average molecular weight is 347 g/mol. The number of amides is 1. The first kappa shape index (κ1) is 17.2. The summed E-state index contributed by atoms with van der Waals surface area (Å²) in [5.74, 6) is 0.160. The normalized spacial score (nSPS) is 10.3. The summed E-state index contributed by atoms with van der Waals surface area (Å²) in [7, 11) is 0. The molecule has 0 bridgehead atoms. The molecule has 130 valence electrons. The largest absolute Gasteiger partial charge is 0.493 e. The molecule has 0 atom stereocenters. The van der Waals surface area contributed by atoms with Crippen LogP contribution >= 0.6 is 0 Å². The van der Waals surface area contributed by atoms with Gasteiger partial charge in [0, 0.05) is 12.7 Å². The van der Waals surface area contributed by atoms with Gasteiger partial charge in [0.05, 0.1) is 29.0 Å². The van der Waals surface area contributed by atoms with Crippen molar-refractivity contribution in [1.82, 2.24) is 20.1 Å². The first-order valence-electron chi connectivity index (χ1n) is 8.08. The van der Waals surface area contributed by atoms with Crippen LogP contribution in [0.4, 0.5) is 0 Å². The third kappa shape index (κ3) is 3.13. The predicted molar refractivity (Wildman–Crippen MR) is 95.9 cm³/mol. The smallest absolute Gasteiger partial charge is 0.253 e. The molecule has 1 aromatic carbocycles. The minimum absolute atomic E-state index is 0.0626. The van der Waals surface area contributed by atoms with Crippen molar-refractivity contribution in [2.75, 3.05) is 6.54 Å². The lowest BCUT2D eigenvalue weighted by molar-refractivity contribution is 0.0955. The van der Waals surface area contributed by atoms with Crippen LogP contribution in [0.25, 0.3) is 16.9 Å². The van der Waals surface area contributed by atoms with Crippen LogP contribution in [0.5, 0.6) is 5.88 Å². The van der Waals surface area contributed by atoms with Crippen LogP contribution in [0.15, 0.2) is 42.7 Å². The molecule has 1 amide bonds. The number of aromatic hydroxyl groups is 1. The van der Waals surface area contributed by atoms with Crippen molar-refractivity contribution in [3.63, 3.8) is 0 Å². The van der Waals surface area contributed by atoms with Gasteiger partial charge < -0.3 is 10.4 Å². The fraction of sp³-hybridized carbons (Fsp3) is 0.158. The summed E-state index contributed by atoms with van der Waals surface area (Å²) in [5.41, 5.74) is 3.02. The zero-order chi connectivity index (χ0) is 18.7. The summed E-state index contributed by atoms with van der Waals surface area (Å²) in [6.07, 6.45) is 3.00. The van der Waals surface area contributed by atoms with Crippen LogP contribution < -0.4 is 5.32 Å². The van der Waals surface area contributed by atoms with Gasteiger partial charge in [-0.1, -0.05) is 12.1 Å². The molecule has 7 nitrogen and oxygen atoms in total. The lowest BCUT2D eigenvalue weighted by atomic mass is 10.1. The van der Waals surface area contributed by atoms with E-state index >= 15 is 0 Å². The molecule has 0 aliphatic carbocycles. The van der Waals surface area contributed by atoms with Gasteiger partial charge in [-0.3, -0.25) is 4.79 Å². The molecule has 26 heavy (non-hydrogen) atoms. The molecule has 0 saturated heterocycles. The molecule has 2 aromatic heterocycles. The van der Waals surface area contributed by atoms with E-state index in [4.69, 9.17) is 5.26 Å². The molecule has 2 N–H and O–H groups in total. The van der Waals surface area contributed by atoms with Crippen molar-refractivity contribution in [3.8, 4) is 28.9 Å². The van der Waals surface area contributed by atoms with E-state index in [0.29, 0.717) is 29.1 Å². The Morgan fingerprint density at radius 3 is 2.65 bits per heavy atom. The molecule has 0 unspecified atom stereocenters. The van der Waals surface area contributed by atoms with E-state index in [-0.39, 0.29) is 11.8 Å². The minimum Gasteiger partial charge on any atom is -0.493 e. The van der Waals surface area contributed by atoms with Crippen LogP contribution in [0.1, 0.15) is 28.4 Å². The molecular weight excluding hydrogens is 330 g/mol. The van der Waals surface area contributed by atoms with Crippen LogP contribution in [-0.4, -0.2) is 32.3 Å². The second-order valence-electron chi connectivity index (χ2n) is 5.70. The van der Waals surface area contributed by atoms with Crippen LogP contribution in [0, 0.1) is 18.3 Å². The second kappa shape index (κ2) is 7.07. The zero-order valence-corrected chi connectivity index (χ0v) is 14.4. The molecule has 2 heterocycles. The molecule has 0 saturated carbocycles. The Kier molecular flexibility index (Phi) is 4.67. The summed E-state index contributed by atoms with van der Waals surface area (Å²) in [4.78, 5) is 16.2. The van der Waals surface area contributed by atoms with E-state index in [9.17, 15) is 9.90 Å². The minimum atomic E-state index is -0.188. The van der Waals surface area contributed by atoms with Gasteiger partial charge in [-0.05, 0) is 43.2 Å². The Balaban J connectivity index is 1.96. The Morgan fingerprint density at radius 1 is 1.31 bits per heavy atom. The second-order valence-corrected chi connectivity index (χ2v) is 5.70. The van der Waals surface area contributed by atoms with Crippen LogP contribution in [0.2, 0.25) is 0 Å². The summed E-state index contributed by atoms with van der Waals surface area (Å²) >= 11 is 0. The number of rotatable bonds is 4. The number of aromatic nitrogens is 3. The number of nitrogens with one attached hydrogen (secondary N) is 1. The van der Waals surface area contributed by atoms with Crippen molar-refractivity contribution < 1.29 is 9.90 Å². The number of benzene rings is 1. The van der Waals surface area contributed by atoms with E-state index in [1.165, 1.54) is 17.1 Å². The van der Waals surface area contributed by atoms with Crippen molar-refractivity contribution in [1.29, 1.82) is 5.26 Å². The van der Waals surface area contributed by atoms with Gasteiger partial charge in [0.1, 0.15) is 0 Å². The van der Waals surface area contributed by atoms with E-state index in [1.807, 2.05) is 6.92 Å². The number of aryl methyl sites for hydroxylation is 1. The molecule has 0 fully saturated rings. The number of nitriles is 1. The van der Waals surface area contributed by atoms with Crippen molar-refractivity contribution >= 4 is 5.91 Å². The third-order valence-electron chi connectivity index (χ3n) is 3.96. The number of carbonyl (C=O) groups excluding carboxylic acids is 1. The van der Waals surface area contributed by atoms with Crippen LogP contribution in [-0.2, 0) is 0 Å². The maximum absolute atomic E-state index is 12.0. The summed E-state index contributed by atoms with van der Waals surface area (Å²) in [5, 5.41) is 26.3. The summed E-state index contributed by atoms with van der Waals surface area (Å²) in [6.45, 7) is 4.19. The van der Waals surface area contributed by atoms with Crippen molar-refractivity contribution in [3.05, 3.63) is 59.4 Å². The van der Waals surface area contributed by atoms with Crippen molar-refractivity contribution in [2.45, 2.75) is 13.8 Å². The van der Waals surface area contributed by atoms with Crippen molar-refractivity contribution in [2.24, 2.45) is 0 Å². The van der Waals surface area contributed by atoms with Gasteiger partial charge >= 0.3 is 0 Å². The summed E-state index contributed by atoms with van der Waals surface area (Å²) in [6, 6.07) is 10.6. The fourth-order valence-corrected chi connectivity index (χ4v) is 2.59. The molecule has 0 radical (unpaired) electrons. The maximum Gasteiger partial charge on any atom is 0.253 e. The number of carbonyl (C=O) groups is 1. The van der Waals surface area contributed by atoms with Gasteiger partial charge in [-0.2, -0.15) is 15.0 Å². The Labute approximate surface area is 150 Å². The SMILES string of the molecule is CCNC(=O)c1cnc(-n2ncc(-c3ccc(C#N)cc3)c2O)cc1C. The first-order valence-corrected chi connectivity index (χ1v) is 8.08. The highest BCUT2D eigenvalue weighted by atomic mass is 16.3. The lowest BCUT2D eigenvalue weighted by Crippen LogP contribution is -2.23. The maximum atomic E-state index is 12.0. The Hall–Kier alpha value is -3.66. The van der Waals surface area contributed by atoms with Gasteiger partial charge in [0.2, 0.25) is 5.88 Å². The monoisotopic (exact) mass is 347 g/mol. The van der Waals surface area contributed by atoms with E-state index in [1.54, 1.807) is 37.3 Å². The average Bonchev–Trinajstić information content (AvgIpc) is 3.03. The molecule has 0 aliphatic heterocycles. The predicted octanol–water partition coefficient (Wildman–Crippen LogP) is 2.57. The van der Waals surface area contributed by atoms with E-state index in [2.05, 4.69) is 21.5 Å². The Bertz CT molecular complexity index is 1000. The molecule has 7 heteroatoms. The standard InChI is InChI=1S/C19H17N5O2/c1-3-21-18(25)15-10-22-17(8-12(15)2)24-19(26)16(11-23-24)14-6-4-13(9-20)5-7-14/h4-8,10-11,26H,3H2,1-2H3,(H,21,25). The van der Waals surface area contributed by atoms with E-state index < -0.39 is 0 Å². The highest BCUT2D eigenvalue weighted by molar-refractivity contribution is 5.95. The number of pyridine rings is 1. The van der Waals surface area contributed by atoms with Gasteiger partial charge in [0.15, 0.2) is 5.82 Å². The highest BCUT2D eigenvalue weighted by Crippen LogP contribution is 2.30. The van der Waals surface area contributed by atoms with E-state index in [0.717, 1.165) is 11.1 Å². The Morgan fingerprint density at radius 2 is 2.04 bits per heavy atom. The molecule has 0 spiro atoms. The summed E-state index contributed by atoms with van der Waals surface area (Å²) < 4.78 is 1.31. The molecular formula is C19H17N5O2. The number of hydrogen-bond acceptors (Lipinski definition) is 5. The van der Waals surface area contributed by atoms with Gasteiger partial charge in [-0.25, -0.2) is 4.98 Å². The molecule has 0 aliphatic rings. The number of nitrogens with zero attached hydrogens (tertiary/aromatic N) is 4. The highest BCUT2D eigenvalue weighted by Gasteiger charge is 2.16. The first-order chi connectivity index (χ1) is 12.5. The number of hydrogen-bond donors (Lipinski definition) is 2. The van der Waals surface area contributed by atoms with Gasteiger partial charge in [0.25, 0.3) is 5.91 Å². The van der Waals surface area contributed by atoms with Crippen LogP contribution in [0.3, 0.4) is 0 Å². The zero-order valence-electron chi connectivity index (χ0n) is 14.4. The quantitative estimate of drug-likeness (QED) is 0.755. The topological polar surface area (TPSA) is 104 Å². The molecule has 3 aromatic rings. The third-order valence-corrected chi connectivity index (χ3v) is 3.96. The lowest BCUT2D eigenvalue weighted by Gasteiger charge is -2.08. The molecule has 3 rings (SSSR count). The van der Waals surface area contributed by atoms with Gasteiger partial charge in [-0.15, -0.1) is 0 Å². The fourth-order valence-electron chi connectivity index (χ4n) is 2.59.